The lowest BCUT2D eigenvalue weighted by atomic mass is 9.90. The van der Waals surface area contributed by atoms with Gasteiger partial charge in [-0.15, -0.1) is 0 Å². The molecule has 1 rings (SSSR count). The molecule has 60 valence electrons. The fourth-order valence-corrected chi connectivity index (χ4v) is 1.49. The average Bonchev–Trinajstić information content (AvgIpc) is 1.83. The van der Waals surface area contributed by atoms with Crippen LogP contribution in [0, 0.1) is 0 Å². The van der Waals surface area contributed by atoms with Crippen molar-refractivity contribution in [1.29, 1.82) is 0 Å². The standard InChI is InChI=1S/C8H17NO/c1-8(2)6-4-5-7(10)9(8)3/h7,10H,4-6H2,1-3H3. The first-order valence-corrected chi connectivity index (χ1v) is 3.95. The van der Waals surface area contributed by atoms with Crippen LogP contribution in [0.15, 0.2) is 0 Å². The van der Waals surface area contributed by atoms with E-state index in [0.29, 0.717) is 0 Å². The molecule has 1 heterocycles. The van der Waals surface area contributed by atoms with Crippen molar-refractivity contribution in [3.8, 4) is 0 Å². The van der Waals surface area contributed by atoms with Crippen LogP contribution in [0.25, 0.3) is 0 Å². The van der Waals surface area contributed by atoms with E-state index in [-0.39, 0.29) is 11.8 Å². The van der Waals surface area contributed by atoms with Gasteiger partial charge in [0.1, 0.15) is 6.23 Å². The van der Waals surface area contributed by atoms with E-state index in [1.54, 1.807) is 0 Å². The van der Waals surface area contributed by atoms with Gasteiger partial charge in [-0.1, -0.05) is 0 Å². The number of likely N-dealkylation sites (tertiary alicyclic amines) is 1. The van der Waals surface area contributed by atoms with Gasteiger partial charge in [-0.2, -0.15) is 0 Å². The molecule has 0 amide bonds. The summed E-state index contributed by atoms with van der Waals surface area (Å²) in [6.45, 7) is 4.35. The minimum atomic E-state index is -0.219. The Balaban J connectivity index is 2.60. The summed E-state index contributed by atoms with van der Waals surface area (Å²) in [4.78, 5) is 2.05. The number of piperidine rings is 1. The van der Waals surface area contributed by atoms with Crippen molar-refractivity contribution in [2.24, 2.45) is 0 Å². The molecule has 0 aromatic heterocycles. The number of aliphatic hydroxyl groups excluding tert-OH is 1. The summed E-state index contributed by atoms with van der Waals surface area (Å²) in [5.41, 5.74) is 0.192. The number of hydrogen-bond acceptors (Lipinski definition) is 2. The van der Waals surface area contributed by atoms with Gasteiger partial charge in [-0.25, -0.2) is 0 Å². The Morgan fingerprint density at radius 2 is 2.10 bits per heavy atom. The predicted octanol–water partition coefficient (Wildman–Crippen LogP) is 1.20. The fraction of sp³-hybridized carbons (Fsp3) is 1.00. The van der Waals surface area contributed by atoms with Crippen LogP contribution >= 0.6 is 0 Å². The second-order valence-corrected chi connectivity index (χ2v) is 3.80. The van der Waals surface area contributed by atoms with Crippen molar-refractivity contribution in [3.63, 3.8) is 0 Å². The molecular formula is C8H17NO. The molecule has 1 N–H and O–H groups in total. The Bertz CT molecular complexity index is 122. The summed E-state index contributed by atoms with van der Waals surface area (Å²) in [5, 5.41) is 9.44. The van der Waals surface area contributed by atoms with E-state index in [9.17, 15) is 5.11 Å². The Morgan fingerprint density at radius 3 is 2.50 bits per heavy atom. The Hall–Kier alpha value is -0.0800. The van der Waals surface area contributed by atoms with Crippen molar-refractivity contribution >= 4 is 0 Å². The van der Waals surface area contributed by atoms with E-state index < -0.39 is 0 Å². The third-order valence-corrected chi connectivity index (χ3v) is 2.65. The third kappa shape index (κ3) is 1.32. The summed E-state index contributed by atoms with van der Waals surface area (Å²) < 4.78 is 0. The summed E-state index contributed by atoms with van der Waals surface area (Å²) in [5.74, 6) is 0. The van der Waals surface area contributed by atoms with Gasteiger partial charge in [0.05, 0.1) is 0 Å². The monoisotopic (exact) mass is 143 g/mol. The van der Waals surface area contributed by atoms with Crippen LogP contribution in [0.1, 0.15) is 33.1 Å². The summed E-state index contributed by atoms with van der Waals surface area (Å²) in [6, 6.07) is 0. The highest BCUT2D eigenvalue weighted by Crippen LogP contribution is 2.28. The predicted molar refractivity (Wildman–Crippen MR) is 41.7 cm³/mol. The van der Waals surface area contributed by atoms with E-state index in [1.807, 2.05) is 7.05 Å². The minimum Gasteiger partial charge on any atom is -0.378 e. The van der Waals surface area contributed by atoms with Crippen molar-refractivity contribution in [3.05, 3.63) is 0 Å². The van der Waals surface area contributed by atoms with Crippen molar-refractivity contribution in [1.82, 2.24) is 4.90 Å². The van der Waals surface area contributed by atoms with Crippen LogP contribution in [-0.4, -0.2) is 28.8 Å². The van der Waals surface area contributed by atoms with E-state index in [1.165, 1.54) is 6.42 Å². The first-order valence-electron chi connectivity index (χ1n) is 3.95. The summed E-state index contributed by atoms with van der Waals surface area (Å²) >= 11 is 0. The van der Waals surface area contributed by atoms with Crippen molar-refractivity contribution < 1.29 is 5.11 Å². The topological polar surface area (TPSA) is 23.5 Å². The van der Waals surface area contributed by atoms with E-state index in [2.05, 4.69) is 18.7 Å². The van der Waals surface area contributed by atoms with Gasteiger partial charge >= 0.3 is 0 Å². The molecule has 0 radical (unpaired) electrons. The number of nitrogens with zero attached hydrogens (tertiary/aromatic N) is 1. The van der Waals surface area contributed by atoms with Crippen molar-refractivity contribution in [2.75, 3.05) is 7.05 Å². The van der Waals surface area contributed by atoms with Crippen LogP contribution in [0.3, 0.4) is 0 Å². The zero-order valence-electron chi connectivity index (χ0n) is 7.09. The summed E-state index contributed by atoms with van der Waals surface area (Å²) in [6.07, 6.45) is 3.06. The van der Waals surface area contributed by atoms with Crippen LogP contribution in [0.4, 0.5) is 0 Å². The maximum atomic E-state index is 9.44. The van der Waals surface area contributed by atoms with E-state index in [0.717, 1.165) is 12.8 Å². The lowest BCUT2D eigenvalue weighted by Crippen LogP contribution is -2.50. The van der Waals surface area contributed by atoms with Gasteiger partial charge in [0, 0.05) is 5.54 Å². The van der Waals surface area contributed by atoms with Gasteiger partial charge in [0.25, 0.3) is 0 Å². The van der Waals surface area contributed by atoms with E-state index in [4.69, 9.17) is 0 Å². The van der Waals surface area contributed by atoms with Gasteiger partial charge in [-0.05, 0) is 40.2 Å². The quantitative estimate of drug-likeness (QED) is 0.550. The SMILES string of the molecule is CN1C(O)CCCC1(C)C. The highest BCUT2D eigenvalue weighted by Gasteiger charge is 2.31. The third-order valence-electron chi connectivity index (χ3n) is 2.65. The Labute approximate surface area is 62.8 Å². The van der Waals surface area contributed by atoms with Crippen LogP contribution in [0.5, 0.6) is 0 Å². The minimum absolute atomic E-state index is 0.192. The number of aliphatic hydroxyl groups is 1. The molecule has 1 fully saturated rings. The largest absolute Gasteiger partial charge is 0.378 e. The molecule has 1 aliphatic heterocycles. The maximum Gasteiger partial charge on any atom is 0.107 e. The second-order valence-electron chi connectivity index (χ2n) is 3.80. The van der Waals surface area contributed by atoms with Crippen LogP contribution in [0.2, 0.25) is 0 Å². The fourth-order valence-electron chi connectivity index (χ4n) is 1.49. The zero-order chi connectivity index (χ0) is 7.78. The molecule has 1 saturated heterocycles. The second kappa shape index (κ2) is 2.51. The molecule has 0 aromatic carbocycles. The van der Waals surface area contributed by atoms with Gasteiger partial charge in [0.15, 0.2) is 0 Å². The molecule has 0 saturated carbocycles. The number of hydrogen-bond donors (Lipinski definition) is 1. The van der Waals surface area contributed by atoms with Crippen molar-refractivity contribution in [2.45, 2.75) is 44.9 Å². The first kappa shape index (κ1) is 8.02. The molecule has 0 aromatic rings. The van der Waals surface area contributed by atoms with Gasteiger partial charge in [0.2, 0.25) is 0 Å². The smallest absolute Gasteiger partial charge is 0.107 e. The highest BCUT2D eigenvalue weighted by atomic mass is 16.3. The molecule has 10 heavy (non-hydrogen) atoms. The summed E-state index contributed by atoms with van der Waals surface area (Å²) in [7, 11) is 1.99. The molecular weight excluding hydrogens is 126 g/mol. The molecule has 2 heteroatoms. The Morgan fingerprint density at radius 1 is 1.50 bits per heavy atom. The lowest BCUT2D eigenvalue weighted by molar-refractivity contribution is -0.0718. The molecule has 1 atom stereocenters. The molecule has 1 aliphatic rings. The Kier molecular flexibility index (Phi) is 2.02. The maximum absolute atomic E-state index is 9.44. The number of rotatable bonds is 0. The lowest BCUT2D eigenvalue weighted by Gasteiger charge is -2.43. The van der Waals surface area contributed by atoms with Gasteiger partial charge < -0.3 is 5.11 Å². The highest BCUT2D eigenvalue weighted by molar-refractivity contribution is 4.84. The van der Waals surface area contributed by atoms with Crippen LogP contribution < -0.4 is 0 Å². The van der Waals surface area contributed by atoms with Gasteiger partial charge in [-0.3, -0.25) is 4.90 Å². The average molecular weight is 143 g/mol. The zero-order valence-corrected chi connectivity index (χ0v) is 7.09. The normalized spacial score (nSPS) is 34.2. The molecule has 0 aliphatic carbocycles. The molecule has 2 nitrogen and oxygen atoms in total. The molecule has 1 unspecified atom stereocenters. The van der Waals surface area contributed by atoms with Crippen LogP contribution in [-0.2, 0) is 0 Å². The molecule has 0 bridgehead atoms. The molecule has 0 spiro atoms. The van der Waals surface area contributed by atoms with E-state index >= 15 is 0 Å². The first-order chi connectivity index (χ1) is 4.54.